The van der Waals surface area contributed by atoms with Crippen LogP contribution in [0.4, 0.5) is 15.8 Å². The predicted octanol–water partition coefficient (Wildman–Crippen LogP) is 4.57. The number of rotatable bonds is 8. The summed E-state index contributed by atoms with van der Waals surface area (Å²) in [7, 11) is 0. The number of carbonyl (C=O) groups excluding carboxylic acids is 2. The van der Waals surface area contributed by atoms with Crippen molar-refractivity contribution in [3.8, 4) is 5.75 Å². The van der Waals surface area contributed by atoms with Crippen molar-refractivity contribution in [1.82, 2.24) is 0 Å². The van der Waals surface area contributed by atoms with E-state index < -0.39 is 5.82 Å². The van der Waals surface area contributed by atoms with Gasteiger partial charge in [-0.3, -0.25) is 9.59 Å². The maximum atomic E-state index is 13.6. The van der Waals surface area contributed by atoms with Crippen molar-refractivity contribution in [2.75, 3.05) is 23.0 Å². The molecule has 5 nitrogen and oxygen atoms in total. The lowest BCUT2D eigenvalue weighted by molar-refractivity contribution is -0.118. The number of para-hydroxylation sites is 2. The highest BCUT2D eigenvalue weighted by atomic mass is 32.2. The number of nitrogens with one attached hydrogen (secondary N) is 2. The number of hydrogen-bond donors (Lipinski definition) is 2. The van der Waals surface area contributed by atoms with Crippen LogP contribution in [0.3, 0.4) is 0 Å². The minimum Gasteiger partial charge on any atom is -0.484 e. The SMILES string of the molecule is O=C(COc1ccccc1)Nc1cccc(SCC(=O)Nc2ccccc2F)c1. The number of carbonyl (C=O) groups is 2. The largest absolute Gasteiger partial charge is 0.484 e. The van der Waals surface area contributed by atoms with Crippen molar-refractivity contribution in [1.29, 1.82) is 0 Å². The van der Waals surface area contributed by atoms with Crippen LogP contribution in [0.15, 0.2) is 83.8 Å². The molecule has 0 saturated heterocycles. The van der Waals surface area contributed by atoms with Crippen LogP contribution in [0.5, 0.6) is 5.75 Å². The van der Waals surface area contributed by atoms with Crippen molar-refractivity contribution in [3.05, 3.63) is 84.7 Å². The minimum atomic E-state index is -0.478. The molecule has 0 aromatic heterocycles. The molecule has 3 aromatic rings. The molecular formula is C22H19FN2O3S. The Labute approximate surface area is 172 Å². The van der Waals surface area contributed by atoms with E-state index in [2.05, 4.69) is 10.6 Å². The fourth-order valence-electron chi connectivity index (χ4n) is 2.42. The van der Waals surface area contributed by atoms with E-state index in [1.165, 1.54) is 23.9 Å². The summed E-state index contributed by atoms with van der Waals surface area (Å²) in [5, 5.41) is 5.30. The average molecular weight is 410 g/mol. The molecule has 0 heterocycles. The number of ether oxygens (including phenoxy) is 1. The molecule has 0 fully saturated rings. The molecule has 148 valence electrons. The Morgan fingerprint density at radius 2 is 1.62 bits per heavy atom. The third-order valence-corrected chi connectivity index (χ3v) is 4.74. The number of halogens is 1. The Morgan fingerprint density at radius 3 is 2.41 bits per heavy atom. The first-order valence-corrected chi connectivity index (χ1v) is 9.83. The minimum absolute atomic E-state index is 0.105. The van der Waals surface area contributed by atoms with E-state index in [1.54, 1.807) is 42.5 Å². The van der Waals surface area contributed by atoms with Gasteiger partial charge in [0.2, 0.25) is 5.91 Å². The molecule has 3 rings (SSSR count). The van der Waals surface area contributed by atoms with Gasteiger partial charge in [-0.1, -0.05) is 36.4 Å². The summed E-state index contributed by atoms with van der Waals surface area (Å²) in [6.07, 6.45) is 0. The highest BCUT2D eigenvalue weighted by Gasteiger charge is 2.08. The van der Waals surface area contributed by atoms with Gasteiger partial charge < -0.3 is 15.4 Å². The Hall–Kier alpha value is -3.32. The molecule has 0 aliphatic heterocycles. The molecule has 0 spiro atoms. The van der Waals surface area contributed by atoms with Gasteiger partial charge in [-0.05, 0) is 42.5 Å². The Bertz CT molecular complexity index is 983. The Balaban J connectivity index is 1.48. The zero-order valence-electron chi connectivity index (χ0n) is 15.4. The number of anilines is 2. The molecule has 0 saturated carbocycles. The first-order valence-electron chi connectivity index (χ1n) is 8.85. The molecule has 29 heavy (non-hydrogen) atoms. The van der Waals surface area contributed by atoms with E-state index in [0.29, 0.717) is 11.4 Å². The Morgan fingerprint density at radius 1 is 0.862 bits per heavy atom. The van der Waals surface area contributed by atoms with Gasteiger partial charge in [0.05, 0.1) is 11.4 Å². The molecule has 3 aromatic carbocycles. The molecule has 0 atom stereocenters. The summed E-state index contributed by atoms with van der Waals surface area (Å²) >= 11 is 1.29. The standard InChI is InChI=1S/C22H19FN2O3S/c23-19-11-4-5-12-20(19)25-22(27)15-29-18-10-6-7-16(13-18)24-21(26)14-28-17-8-2-1-3-9-17/h1-13H,14-15H2,(H,24,26)(H,25,27). The molecule has 0 aliphatic rings. The van der Waals surface area contributed by atoms with Crippen molar-refractivity contribution in [3.63, 3.8) is 0 Å². The smallest absolute Gasteiger partial charge is 0.262 e. The lowest BCUT2D eigenvalue weighted by Gasteiger charge is -2.09. The highest BCUT2D eigenvalue weighted by molar-refractivity contribution is 8.00. The van der Waals surface area contributed by atoms with Crippen molar-refractivity contribution < 1.29 is 18.7 Å². The van der Waals surface area contributed by atoms with Crippen molar-refractivity contribution in [2.45, 2.75) is 4.90 Å². The van der Waals surface area contributed by atoms with Crippen LogP contribution < -0.4 is 15.4 Å². The van der Waals surface area contributed by atoms with Gasteiger partial charge in [-0.2, -0.15) is 0 Å². The van der Waals surface area contributed by atoms with E-state index in [1.807, 2.05) is 24.3 Å². The average Bonchev–Trinajstić information content (AvgIpc) is 2.73. The number of hydrogen-bond acceptors (Lipinski definition) is 4. The lowest BCUT2D eigenvalue weighted by atomic mass is 10.3. The fourth-order valence-corrected chi connectivity index (χ4v) is 3.18. The Kier molecular flexibility index (Phi) is 7.24. The van der Waals surface area contributed by atoms with Crippen LogP contribution >= 0.6 is 11.8 Å². The molecule has 2 amide bonds. The zero-order valence-corrected chi connectivity index (χ0v) is 16.2. The van der Waals surface area contributed by atoms with Gasteiger partial charge in [0, 0.05) is 10.6 Å². The van der Waals surface area contributed by atoms with Crippen molar-refractivity contribution in [2.24, 2.45) is 0 Å². The van der Waals surface area contributed by atoms with Gasteiger partial charge >= 0.3 is 0 Å². The molecule has 0 aliphatic carbocycles. The summed E-state index contributed by atoms with van der Waals surface area (Å²) < 4.78 is 19.0. The van der Waals surface area contributed by atoms with E-state index >= 15 is 0 Å². The fraction of sp³-hybridized carbons (Fsp3) is 0.0909. The van der Waals surface area contributed by atoms with Crippen LogP contribution in [-0.4, -0.2) is 24.2 Å². The first kappa shape index (κ1) is 20.4. The molecule has 0 radical (unpaired) electrons. The van der Waals surface area contributed by atoms with E-state index in [-0.39, 0.29) is 29.9 Å². The van der Waals surface area contributed by atoms with Crippen molar-refractivity contribution >= 4 is 35.0 Å². The van der Waals surface area contributed by atoms with E-state index in [0.717, 1.165) is 4.90 Å². The summed E-state index contributed by atoms with van der Waals surface area (Å²) in [5.41, 5.74) is 0.753. The summed E-state index contributed by atoms with van der Waals surface area (Å²) in [5.74, 6) is -0.344. The molecule has 0 unspecified atom stereocenters. The quantitative estimate of drug-likeness (QED) is 0.534. The van der Waals surface area contributed by atoms with Crippen LogP contribution in [0.2, 0.25) is 0 Å². The van der Waals surface area contributed by atoms with E-state index in [4.69, 9.17) is 4.74 Å². The third kappa shape index (κ3) is 6.65. The predicted molar refractivity (Wildman–Crippen MR) is 113 cm³/mol. The van der Waals surface area contributed by atoms with Crippen LogP contribution in [0.1, 0.15) is 0 Å². The second-order valence-corrected chi connectivity index (χ2v) is 7.04. The van der Waals surface area contributed by atoms with Gasteiger partial charge in [0.25, 0.3) is 5.91 Å². The zero-order chi connectivity index (χ0) is 20.5. The first-order chi connectivity index (χ1) is 14.1. The topological polar surface area (TPSA) is 67.4 Å². The maximum absolute atomic E-state index is 13.6. The maximum Gasteiger partial charge on any atom is 0.262 e. The normalized spacial score (nSPS) is 10.2. The number of thioether (sulfide) groups is 1. The molecule has 2 N–H and O–H groups in total. The second-order valence-electron chi connectivity index (χ2n) is 5.99. The van der Waals surface area contributed by atoms with Crippen LogP contribution in [-0.2, 0) is 9.59 Å². The van der Waals surface area contributed by atoms with Gasteiger partial charge in [0.1, 0.15) is 11.6 Å². The van der Waals surface area contributed by atoms with Gasteiger partial charge in [-0.25, -0.2) is 4.39 Å². The second kappa shape index (κ2) is 10.3. The third-order valence-electron chi connectivity index (χ3n) is 3.75. The summed E-state index contributed by atoms with van der Waals surface area (Å²) in [4.78, 5) is 24.9. The van der Waals surface area contributed by atoms with E-state index in [9.17, 15) is 14.0 Å². The monoisotopic (exact) mass is 410 g/mol. The summed E-state index contributed by atoms with van der Waals surface area (Å²) in [6, 6.07) is 22.2. The summed E-state index contributed by atoms with van der Waals surface area (Å²) in [6.45, 7) is -0.105. The molecule has 0 bridgehead atoms. The molecular weight excluding hydrogens is 391 g/mol. The van der Waals surface area contributed by atoms with Gasteiger partial charge in [-0.15, -0.1) is 11.8 Å². The highest BCUT2D eigenvalue weighted by Crippen LogP contribution is 2.22. The molecule has 7 heteroatoms. The van der Waals surface area contributed by atoms with Crippen LogP contribution in [0, 0.1) is 5.82 Å². The van der Waals surface area contributed by atoms with Gasteiger partial charge in [0.15, 0.2) is 6.61 Å². The number of benzene rings is 3. The number of amides is 2. The lowest BCUT2D eigenvalue weighted by Crippen LogP contribution is -2.20. The van der Waals surface area contributed by atoms with Crippen LogP contribution in [0.25, 0.3) is 0 Å².